The Hall–Kier alpha value is -0.240. The highest BCUT2D eigenvalue weighted by atomic mass is 35.5. The van der Waals surface area contributed by atoms with Crippen molar-refractivity contribution in [3.8, 4) is 0 Å². The first kappa shape index (κ1) is 10.8. The number of halogens is 1. The molecule has 0 unspecified atom stereocenters. The molecule has 2 nitrogen and oxygen atoms in total. The van der Waals surface area contributed by atoms with Crippen LogP contribution >= 0.6 is 11.6 Å². The first-order valence-corrected chi connectivity index (χ1v) is 5.68. The van der Waals surface area contributed by atoms with Gasteiger partial charge in [-0.2, -0.15) is 0 Å². The summed E-state index contributed by atoms with van der Waals surface area (Å²) in [6, 6.07) is 0.524. The van der Waals surface area contributed by atoms with Gasteiger partial charge in [0.1, 0.15) is 0 Å². The summed E-state index contributed by atoms with van der Waals surface area (Å²) >= 11 is 5.62. The average Bonchev–Trinajstić information content (AvgIpc) is 2.07. The van der Waals surface area contributed by atoms with Crippen molar-refractivity contribution in [2.24, 2.45) is 0 Å². The third kappa shape index (κ3) is 2.87. The molecule has 0 aliphatic heterocycles. The fourth-order valence-corrected chi connectivity index (χ4v) is 1.76. The number of carbonyl (C=O) groups excluding carboxylic acids is 1. The van der Waals surface area contributed by atoms with E-state index in [9.17, 15) is 4.79 Å². The van der Waals surface area contributed by atoms with Gasteiger partial charge in [0.15, 0.2) is 0 Å². The van der Waals surface area contributed by atoms with Crippen molar-refractivity contribution < 1.29 is 4.79 Å². The maximum absolute atomic E-state index is 11.5. The molecule has 0 aromatic heterocycles. The van der Waals surface area contributed by atoms with E-state index in [-0.39, 0.29) is 5.91 Å². The molecule has 0 aromatic rings. The van der Waals surface area contributed by atoms with Gasteiger partial charge in [0.25, 0.3) is 0 Å². The molecule has 0 atom stereocenters. The molecule has 3 heteroatoms. The number of hydrogen-bond acceptors (Lipinski definition) is 1. The smallest absolute Gasteiger partial charge is 0.222 e. The van der Waals surface area contributed by atoms with Gasteiger partial charge < -0.3 is 4.90 Å². The van der Waals surface area contributed by atoms with E-state index < -0.39 is 0 Å². The summed E-state index contributed by atoms with van der Waals surface area (Å²) in [6.07, 6.45) is 5.20. The monoisotopic (exact) mass is 203 g/mol. The van der Waals surface area contributed by atoms with Crippen LogP contribution in [0.15, 0.2) is 0 Å². The first-order valence-electron chi connectivity index (χ1n) is 5.15. The second kappa shape index (κ2) is 5.48. The van der Waals surface area contributed by atoms with E-state index in [0.29, 0.717) is 18.3 Å². The van der Waals surface area contributed by atoms with Gasteiger partial charge in [-0.15, -0.1) is 11.6 Å². The SMILES string of the molecule is CCC(=O)N(CCCCl)C1CCC1. The van der Waals surface area contributed by atoms with Crippen molar-refractivity contribution in [2.45, 2.75) is 45.1 Å². The molecule has 1 aliphatic carbocycles. The lowest BCUT2D eigenvalue weighted by molar-refractivity contribution is -0.134. The maximum Gasteiger partial charge on any atom is 0.222 e. The number of amides is 1. The lowest BCUT2D eigenvalue weighted by Gasteiger charge is -2.37. The molecule has 0 aromatic carbocycles. The van der Waals surface area contributed by atoms with Crippen molar-refractivity contribution in [2.75, 3.05) is 12.4 Å². The van der Waals surface area contributed by atoms with Crippen molar-refractivity contribution in [1.82, 2.24) is 4.90 Å². The minimum atomic E-state index is 0.287. The van der Waals surface area contributed by atoms with Crippen LogP contribution in [0.1, 0.15) is 39.0 Å². The summed E-state index contributed by atoms with van der Waals surface area (Å²) in [7, 11) is 0. The first-order chi connectivity index (χ1) is 6.29. The highest BCUT2D eigenvalue weighted by molar-refractivity contribution is 6.17. The molecule has 0 saturated heterocycles. The largest absolute Gasteiger partial charge is 0.340 e. The van der Waals surface area contributed by atoms with Crippen LogP contribution < -0.4 is 0 Å². The molecule has 76 valence electrons. The van der Waals surface area contributed by atoms with Crippen molar-refractivity contribution in [3.05, 3.63) is 0 Å². The molecular formula is C10H18ClNO. The topological polar surface area (TPSA) is 20.3 Å². The number of hydrogen-bond donors (Lipinski definition) is 0. The quantitative estimate of drug-likeness (QED) is 0.629. The average molecular weight is 204 g/mol. The Balaban J connectivity index is 2.37. The Morgan fingerprint density at radius 2 is 2.23 bits per heavy atom. The molecule has 13 heavy (non-hydrogen) atoms. The van der Waals surface area contributed by atoms with Crippen LogP contribution in [0.5, 0.6) is 0 Å². The fraction of sp³-hybridized carbons (Fsp3) is 0.900. The molecule has 0 N–H and O–H groups in total. The predicted molar refractivity (Wildman–Crippen MR) is 55.0 cm³/mol. The Kier molecular flexibility index (Phi) is 4.57. The van der Waals surface area contributed by atoms with Crippen LogP contribution in [0, 0.1) is 0 Å². The highest BCUT2D eigenvalue weighted by Gasteiger charge is 2.26. The van der Waals surface area contributed by atoms with Gasteiger partial charge in [-0.25, -0.2) is 0 Å². The molecule has 0 heterocycles. The van der Waals surface area contributed by atoms with Gasteiger partial charge in [0, 0.05) is 24.9 Å². The van der Waals surface area contributed by atoms with Crippen LogP contribution in [-0.4, -0.2) is 29.3 Å². The zero-order valence-electron chi connectivity index (χ0n) is 8.26. The third-order valence-corrected chi connectivity index (χ3v) is 2.94. The van der Waals surface area contributed by atoms with E-state index >= 15 is 0 Å². The molecule has 0 radical (unpaired) electrons. The van der Waals surface area contributed by atoms with Crippen molar-refractivity contribution >= 4 is 17.5 Å². The van der Waals surface area contributed by atoms with Gasteiger partial charge in [-0.05, 0) is 25.7 Å². The number of nitrogens with zero attached hydrogens (tertiary/aromatic N) is 1. The second-order valence-corrected chi connectivity index (χ2v) is 3.95. The highest BCUT2D eigenvalue weighted by Crippen LogP contribution is 2.25. The second-order valence-electron chi connectivity index (χ2n) is 3.57. The number of rotatable bonds is 5. The van der Waals surface area contributed by atoms with Crippen molar-refractivity contribution in [1.29, 1.82) is 0 Å². The molecular weight excluding hydrogens is 186 g/mol. The van der Waals surface area contributed by atoms with Gasteiger partial charge in [0.2, 0.25) is 5.91 Å². The predicted octanol–water partition coefficient (Wildman–Crippen LogP) is 2.41. The summed E-state index contributed by atoms with van der Waals surface area (Å²) in [5.74, 6) is 0.940. The van der Waals surface area contributed by atoms with Crippen LogP contribution in [0.3, 0.4) is 0 Å². The molecule has 1 rings (SSSR count). The van der Waals surface area contributed by atoms with E-state index in [1.165, 1.54) is 19.3 Å². The van der Waals surface area contributed by atoms with Crippen LogP contribution in [0.25, 0.3) is 0 Å². The Bertz CT molecular complexity index is 168. The molecule has 1 aliphatic rings. The Labute approximate surface area is 85.2 Å². The van der Waals surface area contributed by atoms with E-state index in [2.05, 4.69) is 0 Å². The standard InChI is InChI=1S/C10H18ClNO/c1-2-10(13)12(8-4-7-11)9-5-3-6-9/h9H,2-8H2,1H3. The summed E-state index contributed by atoms with van der Waals surface area (Å²) < 4.78 is 0. The van der Waals surface area contributed by atoms with E-state index in [1.807, 2.05) is 11.8 Å². The fourth-order valence-electron chi connectivity index (χ4n) is 1.64. The minimum Gasteiger partial charge on any atom is -0.340 e. The van der Waals surface area contributed by atoms with E-state index in [4.69, 9.17) is 11.6 Å². The number of carbonyl (C=O) groups is 1. The van der Waals surface area contributed by atoms with Crippen LogP contribution in [-0.2, 0) is 4.79 Å². The van der Waals surface area contributed by atoms with E-state index in [0.717, 1.165) is 13.0 Å². The van der Waals surface area contributed by atoms with Crippen LogP contribution in [0.4, 0.5) is 0 Å². The normalized spacial score (nSPS) is 16.8. The third-order valence-electron chi connectivity index (χ3n) is 2.67. The summed E-state index contributed by atoms with van der Waals surface area (Å²) in [4.78, 5) is 13.6. The molecule has 0 spiro atoms. The van der Waals surface area contributed by atoms with Gasteiger partial charge in [0.05, 0.1) is 0 Å². The zero-order valence-corrected chi connectivity index (χ0v) is 9.02. The zero-order chi connectivity index (χ0) is 9.68. The minimum absolute atomic E-state index is 0.287. The lowest BCUT2D eigenvalue weighted by Crippen LogP contribution is -2.44. The van der Waals surface area contributed by atoms with Gasteiger partial charge >= 0.3 is 0 Å². The molecule has 0 bridgehead atoms. The molecule has 1 amide bonds. The van der Waals surface area contributed by atoms with E-state index in [1.54, 1.807) is 0 Å². The maximum atomic E-state index is 11.5. The Morgan fingerprint density at radius 1 is 1.54 bits per heavy atom. The number of alkyl halides is 1. The lowest BCUT2D eigenvalue weighted by atomic mass is 9.91. The van der Waals surface area contributed by atoms with Crippen LogP contribution in [0.2, 0.25) is 0 Å². The molecule has 1 saturated carbocycles. The summed E-state index contributed by atoms with van der Waals surface area (Å²) in [5.41, 5.74) is 0. The van der Waals surface area contributed by atoms with Gasteiger partial charge in [-0.3, -0.25) is 4.79 Å². The molecule has 1 fully saturated rings. The van der Waals surface area contributed by atoms with Gasteiger partial charge in [-0.1, -0.05) is 6.92 Å². The summed E-state index contributed by atoms with van der Waals surface area (Å²) in [6.45, 7) is 2.77. The Morgan fingerprint density at radius 3 is 2.62 bits per heavy atom. The van der Waals surface area contributed by atoms with Crippen molar-refractivity contribution in [3.63, 3.8) is 0 Å². The summed E-state index contributed by atoms with van der Waals surface area (Å²) in [5, 5.41) is 0.